The Kier molecular flexibility index (Phi) is 5.74. The van der Waals surface area contributed by atoms with Gasteiger partial charge in [0, 0.05) is 22.2 Å². The minimum Gasteiger partial charge on any atom is -0.276 e. The quantitative estimate of drug-likeness (QED) is 0.413. The molecule has 0 atom stereocenters. The number of halogens is 4. The van der Waals surface area contributed by atoms with E-state index in [0.717, 1.165) is 23.4 Å². The fourth-order valence-electron chi connectivity index (χ4n) is 2.51. The molecule has 2 aromatic carbocycles. The Balaban J connectivity index is 2.10. The molecule has 3 rings (SSSR count). The third kappa shape index (κ3) is 4.63. The molecule has 0 unspecified atom stereocenters. The van der Waals surface area contributed by atoms with Crippen LogP contribution < -0.4 is 5.43 Å². The van der Waals surface area contributed by atoms with Crippen molar-refractivity contribution in [3.05, 3.63) is 65.2 Å². The molecule has 0 spiro atoms. The molecular formula is C19H16BrF3N4. The molecule has 1 heterocycles. The van der Waals surface area contributed by atoms with Crippen LogP contribution in [-0.4, -0.2) is 29.1 Å². The molecule has 0 aliphatic carbocycles. The van der Waals surface area contributed by atoms with E-state index in [4.69, 9.17) is 0 Å². The maximum Gasteiger partial charge on any atom is 0.416 e. The lowest BCUT2D eigenvalue weighted by Crippen LogP contribution is -2.22. The molecule has 1 aliphatic rings. The molecule has 140 valence electrons. The number of alkyl halides is 4. The topological polar surface area (TPSA) is 49.1 Å². The van der Waals surface area contributed by atoms with Gasteiger partial charge >= 0.3 is 6.18 Å². The third-order valence-electron chi connectivity index (χ3n) is 3.84. The van der Waals surface area contributed by atoms with E-state index in [1.54, 1.807) is 0 Å². The van der Waals surface area contributed by atoms with Crippen molar-refractivity contribution in [1.82, 2.24) is 5.43 Å². The molecule has 0 fully saturated rings. The van der Waals surface area contributed by atoms with Gasteiger partial charge in [-0.25, -0.2) is 4.99 Å². The predicted molar refractivity (Wildman–Crippen MR) is 106 cm³/mol. The van der Waals surface area contributed by atoms with Gasteiger partial charge in [0.2, 0.25) is 0 Å². The number of amidine groups is 1. The summed E-state index contributed by atoms with van der Waals surface area (Å²) in [6.45, 7) is 2.01. The second-order valence-corrected chi connectivity index (χ2v) is 6.47. The number of hydrogen-bond donors (Lipinski definition) is 1. The normalized spacial score (nSPS) is 14.8. The summed E-state index contributed by atoms with van der Waals surface area (Å²) in [6.07, 6.45) is -4.44. The van der Waals surface area contributed by atoms with Crippen LogP contribution in [0.3, 0.4) is 0 Å². The minimum atomic E-state index is -4.44. The van der Waals surface area contributed by atoms with Crippen molar-refractivity contribution in [1.29, 1.82) is 0 Å². The van der Waals surface area contributed by atoms with Gasteiger partial charge in [0.05, 0.1) is 23.5 Å². The lowest BCUT2D eigenvalue weighted by atomic mass is 9.98. The number of hydrogen-bond acceptors (Lipinski definition) is 4. The van der Waals surface area contributed by atoms with Crippen LogP contribution >= 0.6 is 15.9 Å². The van der Waals surface area contributed by atoms with Crippen LogP contribution in [0.25, 0.3) is 0 Å². The molecule has 0 aromatic heterocycles. The van der Waals surface area contributed by atoms with E-state index < -0.39 is 11.7 Å². The SMILES string of the molecule is C/C(CBr)=N\NC1=Nc2ccc(C(F)(F)F)cc2C(c2ccccc2)=NC1. The summed E-state index contributed by atoms with van der Waals surface area (Å²) in [7, 11) is 0. The molecule has 8 heteroatoms. The maximum atomic E-state index is 13.2. The Morgan fingerprint density at radius 3 is 2.59 bits per heavy atom. The van der Waals surface area contributed by atoms with Crippen LogP contribution in [0.5, 0.6) is 0 Å². The van der Waals surface area contributed by atoms with E-state index in [0.29, 0.717) is 28.1 Å². The molecule has 2 aromatic rings. The van der Waals surface area contributed by atoms with Gasteiger partial charge in [0.1, 0.15) is 5.84 Å². The van der Waals surface area contributed by atoms with Gasteiger partial charge in [-0.05, 0) is 25.1 Å². The van der Waals surface area contributed by atoms with Crippen molar-refractivity contribution in [2.24, 2.45) is 15.1 Å². The molecule has 0 radical (unpaired) electrons. The summed E-state index contributed by atoms with van der Waals surface area (Å²) in [5.74, 6) is 0.460. The van der Waals surface area contributed by atoms with Crippen molar-refractivity contribution in [2.75, 3.05) is 11.9 Å². The molecule has 0 bridgehead atoms. The lowest BCUT2D eigenvalue weighted by Gasteiger charge is -2.12. The zero-order valence-corrected chi connectivity index (χ0v) is 16.0. The van der Waals surface area contributed by atoms with Crippen molar-refractivity contribution >= 4 is 38.9 Å². The van der Waals surface area contributed by atoms with E-state index in [1.165, 1.54) is 6.07 Å². The van der Waals surface area contributed by atoms with Crippen molar-refractivity contribution in [3.63, 3.8) is 0 Å². The summed E-state index contributed by atoms with van der Waals surface area (Å²) < 4.78 is 39.6. The summed E-state index contributed by atoms with van der Waals surface area (Å²) in [5, 5.41) is 4.77. The third-order valence-corrected chi connectivity index (χ3v) is 4.65. The Labute approximate surface area is 163 Å². The van der Waals surface area contributed by atoms with E-state index >= 15 is 0 Å². The van der Waals surface area contributed by atoms with Crippen LogP contribution in [0, 0.1) is 0 Å². The highest BCUT2D eigenvalue weighted by molar-refractivity contribution is 9.09. The highest BCUT2D eigenvalue weighted by Crippen LogP contribution is 2.34. The molecule has 1 aliphatic heterocycles. The highest BCUT2D eigenvalue weighted by atomic mass is 79.9. The lowest BCUT2D eigenvalue weighted by molar-refractivity contribution is -0.137. The zero-order valence-electron chi connectivity index (χ0n) is 14.4. The summed E-state index contributed by atoms with van der Waals surface area (Å²) >= 11 is 3.30. The molecular weight excluding hydrogens is 421 g/mol. The molecule has 1 N–H and O–H groups in total. The number of benzene rings is 2. The largest absolute Gasteiger partial charge is 0.416 e. The summed E-state index contributed by atoms with van der Waals surface area (Å²) in [6, 6.07) is 12.6. The van der Waals surface area contributed by atoms with Gasteiger partial charge in [-0.1, -0.05) is 46.3 Å². The molecule has 4 nitrogen and oxygen atoms in total. The average Bonchev–Trinajstić information content (AvgIpc) is 2.84. The fourth-order valence-corrected chi connectivity index (χ4v) is 2.64. The Morgan fingerprint density at radius 1 is 1.19 bits per heavy atom. The van der Waals surface area contributed by atoms with Crippen LogP contribution in [-0.2, 0) is 6.18 Å². The number of nitrogens with one attached hydrogen (secondary N) is 1. The second kappa shape index (κ2) is 8.04. The second-order valence-electron chi connectivity index (χ2n) is 5.91. The first-order valence-electron chi connectivity index (χ1n) is 8.12. The first-order valence-corrected chi connectivity index (χ1v) is 9.25. The molecule has 27 heavy (non-hydrogen) atoms. The predicted octanol–water partition coefficient (Wildman–Crippen LogP) is 4.95. The van der Waals surface area contributed by atoms with Gasteiger partial charge < -0.3 is 0 Å². The van der Waals surface area contributed by atoms with E-state index in [2.05, 4.69) is 36.4 Å². The van der Waals surface area contributed by atoms with Gasteiger partial charge in [-0.3, -0.25) is 10.4 Å². The minimum absolute atomic E-state index is 0.180. The average molecular weight is 437 g/mol. The van der Waals surface area contributed by atoms with Crippen LogP contribution in [0.4, 0.5) is 18.9 Å². The summed E-state index contributed by atoms with van der Waals surface area (Å²) in [4.78, 5) is 8.96. The number of hydrazone groups is 1. The number of rotatable bonds is 3. The number of aliphatic imine (C=N–C) groups is 2. The van der Waals surface area contributed by atoms with Crippen LogP contribution in [0.2, 0.25) is 0 Å². The molecule has 0 amide bonds. The van der Waals surface area contributed by atoms with Crippen LogP contribution in [0.15, 0.2) is 63.6 Å². The van der Waals surface area contributed by atoms with E-state index in [-0.39, 0.29) is 6.54 Å². The maximum absolute atomic E-state index is 13.2. The molecule has 0 saturated heterocycles. The van der Waals surface area contributed by atoms with E-state index in [9.17, 15) is 13.2 Å². The molecule has 0 saturated carbocycles. The Morgan fingerprint density at radius 2 is 1.93 bits per heavy atom. The first kappa shape index (κ1) is 19.3. The zero-order chi connectivity index (χ0) is 19.4. The van der Waals surface area contributed by atoms with Gasteiger partial charge in [0.25, 0.3) is 0 Å². The fraction of sp³-hybridized carbons (Fsp3) is 0.211. The Hall–Kier alpha value is -2.48. The van der Waals surface area contributed by atoms with Gasteiger partial charge in [-0.15, -0.1) is 0 Å². The number of fused-ring (bicyclic) bond motifs is 1. The van der Waals surface area contributed by atoms with Gasteiger partial charge in [0.15, 0.2) is 0 Å². The monoisotopic (exact) mass is 436 g/mol. The highest BCUT2D eigenvalue weighted by Gasteiger charge is 2.32. The Bertz CT molecular complexity index is 918. The number of nitrogens with zero attached hydrogens (tertiary/aromatic N) is 3. The summed E-state index contributed by atoms with van der Waals surface area (Å²) in [5.41, 5.74) is 4.88. The van der Waals surface area contributed by atoms with E-state index in [1.807, 2.05) is 37.3 Å². The van der Waals surface area contributed by atoms with Crippen molar-refractivity contribution in [3.8, 4) is 0 Å². The van der Waals surface area contributed by atoms with Crippen LogP contribution in [0.1, 0.15) is 23.6 Å². The van der Waals surface area contributed by atoms with Crippen molar-refractivity contribution < 1.29 is 13.2 Å². The van der Waals surface area contributed by atoms with Gasteiger partial charge in [-0.2, -0.15) is 18.3 Å². The standard InChI is InChI=1S/C19H16BrF3N4/c1-12(10-20)26-27-17-11-24-18(13-5-3-2-4-6-13)15-9-14(19(21,22)23)7-8-16(15)25-17/h2-9H,10-11H2,1H3,(H,25,27)/b26-12+. The smallest absolute Gasteiger partial charge is 0.276 e. The van der Waals surface area contributed by atoms with Crippen molar-refractivity contribution in [2.45, 2.75) is 13.1 Å². The first-order chi connectivity index (χ1) is 12.9.